The molecule has 1 aliphatic rings. The number of benzene rings is 3. The first-order valence-corrected chi connectivity index (χ1v) is 11.6. The molecule has 0 fully saturated rings. The van der Waals surface area contributed by atoms with Crippen LogP contribution in [0.4, 0.5) is 0 Å². The quantitative estimate of drug-likeness (QED) is 0.266. The van der Waals surface area contributed by atoms with Gasteiger partial charge in [0, 0.05) is 5.56 Å². The topological polar surface area (TPSA) is 57.1 Å². The summed E-state index contributed by atoms with van der Waals surface area (Å²) in [5.41, 5.74) is 3.83. The van der Waals surface area contributed by atoms with Gasteiger partial charge < -0.3 is 14.2 Å². The van der Waals surface area contributed by atoms with Crippen molar-refractivity contribution in [1.29, 1.82) is 0 Å². The summed E-state index contributed by atoms with van der Waals surface area (Å²) >= 11 is 6.54. The number of nitrogens with zero attached hydrogens (tertiary/aromatic N) is 1. The summed E-state index contributed by atoms with van der Waals surface area (Å²) in [6, 6.07) is 21.2. The molecule has 0 atom stereocenters. The van der Waals surface area contributed by atoms with Crippen LogP contribution < -0.4 is 9.47 Å². The average molecular weight is 476 g/mol. The molecular formula is C28H26ClNO4. The normalized spacial score (nSPS) is 14.3. The predicted molar refractivity (Wildman–Crippen MR) is 135 cm³/mol. The van der Waals surface area contributed by atoms with Gasteiger partial charge in [-0.05, 0) is 59.9 Å². The molecule has 34 heavy (non-hydrogen) atoms. The van der Waals surface area contributed by atoms with Crippen LogP contribution in [0.15, 0.2) is 77.4 Å². The first-order chi connectivity index (χ1) is 16.4. The third kappa shape index (κ3) is 5.49. The van der Waals surface area contributed by atoms with Gasteiger partial charge in [0.25, 0.3) is 0 Å². The minimum atomic E-state index is -0.513. The summed E-state index contributed by atoms with van der Waals surface area (Å²) in [6.45, 7) is 6.94. The standard InChI is InChI=1S/C28H26ClNO4/c1-4-32-25-16-20(14-23(29)26(25)33-17-19-8-6-5-7-9-19)15-24-28(31)34-27(30-24)22-12-10-21(11-13-22)18(2)3/h5-16,18H,4,17H2,1-3H3/b24-15-. The summed E-state index contributed by atoms with van der Waals surface area (Å²) < 4.78 is 17.1. The first-order valence-electron chi connectivity index (χ1n) is 11.2. The van der Waals surface area contributed by atoms with Crippen molar-refractivity contribution in [2.75, 3.05) is 6.61 Å². The van der Waals surface area contributed by atoms with Crippen molar-refractivity contribution in [3.8, 4) is 11.5 Å². The number of aliphatic imine (C=N–C) groups is 1. The number of esters is 1. The maximum absolute atomic E-state index is 12.5. The van der Waals surface area contributed by atoms with Crippen LogP contribution in [0.25, 0.3) is 6.08 Å². The number of cyclic esters (lactones) is 1. The molecule has 4 rings (SSSR count). The van der Waals surface area contributed by atoms with Crippen LogP contribution in [0.2, 0.25) is 5.02 Å². The molecule has 0 aliphatic carbocycles. The van der Waals surface area contributed by atoms with Gasteiger partial charge in [-0.15, -0.1) is 0 Å². The molecule has 0 radical (unpaired) electrons. The molecule has 174 valence electrons. The van der Waals surface area contributed by atoms with E-state index in [0.717, 1.165) is 11.1 Å². The second-order valence-electron chi connectivity index (χ2n) is 8.15. The molecule has 3 aromatic rings. The van der Waals surface area contributed by atoms with Gasteiger partial charge in [0.1, 0.15) is 6.61 Å². The van der Waals surface area contributed by atoms with Gasteiger partial charge in [0.2, 0.25) is 5.90 Å². The van der Waals surface area contributed by atoms with Gasteiger partial charge in [-0.2, -0.15) is 0 Å². The molecule has 0 aromatic heterocycles. The Bertz CT molecular complexity index is 1230. The van der Waals surface area contributed by atoms with E-state index in [9.17, 15) is 4.79 Å². The Morgan fingerprint density at radius 1 is 1.03 bits per heavy atom. The van der Waals surface area contributed by atoms with E-state index >= 15 is 0 Å². The van der Waals surface area contributed by atoms with Crippen LogP contribution in [-0.4, -0.2) is 18.5 Å². The van der Waals surface area contributed by atoms with E-state index in [4.69, 9.17) is 25.8 Å². The Labute approximate surface area is 204 Å². The molecule has 5 nitrogen and oxygen atoms in total. The molecular weight excluding hydrogens is 450 g/mol. The van der Waals surface area contributed by atoms with E-state index in [1.807, 2.05) is 61.5 Å². The number of carbonyl (C=O) groups is 1. The molecule has 0 saturated heterocycles. The summed E-state index contributed by atoms with van der Waals surface area (Å²) in [6.07, 6.45) is 1.63. The zero-order chi connectivity index (χ0) is 24.1. The van der Waals surface area contributed by atoms with Crippen LogP contribution in [0, 0.1) is 0 Å². The third-order valence-electron chi connectivity index (χ3n) is 5.31. The van der Waals surface area contributed by atoms with E-state index in [0.29, 0.717) is 41.2 Å². The van der Waals surface area contributed by atoms with Crippen molar-refractivity contribution >= 4 is 29.5 Å². The first kappa shape index (κ1) is 23.6. The van der Waals surface area contributed by atoms with Crippen molar-refractivity contribution < 1.29 is 19.0 Å². The number of rotatable bonds is 8. The molecule has 3 aromatic carbocycles. The van der Waals surface area contributed by atoms with E-state index in [1.165, 1.54) is 5.56 Å². The molecule has 6 heteroatoms. The Kier molecular flexibility index (Phi) is 7.33. The maximum atomic E-state index is 12.5. The number of hydrogen-bond donors (Lipinski definition) is 0. The Morgan fingerprint density at radius 2 is 1.76 bits per heavy atom. The molecule has 1 heterocycles. The van der Waals surface area contributed by atoms with Crippen LogP contribution in [0.1, 0.15) is 48.9 Å². The van der Waals surface area contributed by atoms with Gasteiger partial charge in [0.05, 0.1) is 11.6 Å². The van der Waals surface area contributed by atoms with E-state index in [2.05, 4.69) is 18.8 Å². The monoisotopic (exact) mass is 475 g/mol. The molecule has 0 bridgehead atoms. The minimum Gasteiger partial charge on any atom is -0.490 e. The summed E-state index contributed by atoms with van der Waals surface area (Å²) in [4.78, 5) is 16.9. The maximum Gasteiger partial charge on any atom is 0.363 e. The minimum absolute atomic E-state index is 0.194. The van der Waals surface area contributed by atoms with Crippen molar-refractivity contribution in [2.24, 2.45) is 4.99 Å². The lowest BCUT2D eigenvalue weighted by atomic mass is 10.0. The van der Waals surface area contributed by atoms with E-state index in [-0.39, 0.29) is 11.6 Å². The highest BCUT2D eigenvalue weighted by atomic mass is 35.5. The van der Waals surface area contributed by atoms with Gasteiger partial charge in [-0.25, -0.2) is 9.79 Å². The number of hydrogen-bond acceptors (Lipinski definition) is 5. The van der Waals surface area contributed by atoms with Crippen molar-refractivity contribution in [2.45, 2.75) is 33.3 Å². The highest BCUT2D eigenvalue weighted by molar-refractivity contribution is 6.32. The Morgan fingerprint density at radius 3 is 2.44 bits per heavy atom. The lowest BCUT2D eigenvalue weighted by Gasteiger charge is -2.14. The predicted octanol–water partition coefficient (Wildman–Crippen LogP) is 6.79. The van der Waals surface area contributed by atoms with Crippen molar-refractivity contribution in [3.63, 3.8) is 0 Å². The van der Waals surface area contributed by atoms with Gasteiger partial charge in [-0.3, -0.25) is 0 Å². The molecule has 0 N–H and O–H groups in total. The lowest BCUT2D eigenvalue weighted by Crippen LogP contribution is -2.05. The lowest BCUT2D eigenvalue weighted by molar-refractivity contribution is -0.129. The fourth-order valence-corrected chi connectivity index (χ4v) is 3.78. The SMILES string of the molecule is CCOc1cc(/C=C2\N=C(c3ccc(C(C)C)cc3)OC2=O)cc(Cl)c1OCc1ccccc1. The van der Waals surface area contributed by atoms with Crippen molar-refractivity contribution in [1.82, 2.24) is 0 Å². The van der Waals surface area contributed by atoms with Gasteiger partial charge in [0.15, 0.2) is 17.2 Å². The summed E-state index contributed by atoms with van der Waals surface area (Å²) in [7, 11) is 0. The summed E-state index contributed by atoms with van der Waals surface area (Å²) in [5.74, 6) is 1.14. The number of halogens is 1. The van der Waals surface area contributed by atoms with Crippen LogP contribution >= 0.6 is 11.6 Å². The third-order valence-corrected chi connectivity index (χ3v) is 5.59. The highest BCUT2D eigenvalue weighted by Gasteiger charge is 2.24. The molecule has 0 amide bonds. The van der Waals surface area contributed by atoms with Crippen LogP contribution in [-0.2, 0) is 16.1 Å². The number of carbonyl (C=O) groups excluding carboxylic acids is 1. The second kappa shape index (κ2) is 10.6. The molecule has 1 aliphatic heterocycles. The molecule has 0 unspecified atom stereocenters. The smallest absolute Gasteiger partial charge is 0.363 e. The Balaban J connectivity index is 1.59. The van der Waals surface area contributed by atoms with E-state index < -0.39 is 5.97 Å². The van der Waals surface area contributed by atoms with Gasteiger partial charge in [-0.1, -0.05) is 67.9 Å². The van der Waals surface area contributed by atoms with E-state index in [1.54, 1.807) is 18.2 Å². The van der Waals surface area contributed by atoms with Crippen LogP contribution in [0.3, 0.4) is 0 Å². The molecule has 0 saturated carbocycles. The number of ether oxygens (including phenoxy) is 3. The zero-order valence-corrected chi connectivity index (χ0v) is 20.1. The molecule has 0 spiro atoms. The average Bonchev–Trinajstić information content (AvgIpc) is 3.19. The van der Waals surface area contributed by atoms with Crippen molar-refractivity contribution in [3.05, 3.63) is 99.7 Å². The Hall–Kier alpha value is -3.57. The second-order valence-corrected chi connectivity index (χ2v) is 8.56. The fourth-order valence-electron chi connectivity index (χ4n) is 3.51. The highest BCUT2D eigenvalue weighted by Crippen LogP contribution is 2.38. The largest absolute Gasteiger partial charge is 0.490 e. The summed E-state index contributed by atoms with van der Waals surface area (Å²) in [5, 5.41) is 0.383. The van der Waals surface area contributed by atoms with Crippen LogP contribution in [0.5, 0.6) is 11.5 Å². The zero-order valence-electron chi connectivity index (χ0n) is 19.4. The van der Waals surface area contributed by atoms with Gasteiger partial charge >= 0.3 is 5.97 Å². The fraction of sp³-hybridized carbons (Fsp3) is 0.214.